The third-order valence-electron chi connectivity index (χ3n) is 1.78. The number of rotatable bonds is 2. The van der Waals surface area contributed by atoms with E-state index >= 15 is 0 Å². The van der Waals surface area contributed by atoms with E-state index in [4.69, 9.17) is 9.47 Å². The second-order valence-electron chi connectivity index (χ2n) is 2.72. The Hall–Kier alpha value is -1.58. The van der Waals surface area contributed by atoms with E-state index in [1.54, 1.807) is 18.2 Å². The summed E-state index contributed by atoms with van der Waals surface area (Å²) < 4.78 is 22.2. The van der Waals surface area contributed by atoms with Crippen LogP contribution in [0.25, 0.3) is 0 Å². The lowest BCUT2D eigenvalue weighted by Gasteiger charge is -1.98. The molecule has 2 rings (SSSR count). The molecule has 1 aliphatic heterocycles. The molecule has 68 valence electrons. The Morgan fingerprint density at radius 2 is 2.15 bits per heavy atom. The Morgan fingerprint density at radius 3 is 2.92 bits per heavy atom. The summed E-state index contributed by atoms with van der Waals surface area (Å²) in [5, 5.41) is 0. The van der Waals surface area contributed by atoms with Crippen LogP contribution in [0.1, 0.15) is 5.56 Å². The SMILES string of the molecule is O=C(F)Cc1ccc2c(c1)OCO2. The highest BCUT2D eigenvalue weighted by molar-refractivity contribution is 5.71. The lowest BCUT2D eigenvalue weighted by molar-refractivity contribution is -0.128. The maximum atomic E-state index is 12.0. The highest BCUT2D eigenvalue weighted by atomic mass is 19.1. The van der Waals surface area contributed by atoms with Gasteiger partial charge in [-0.1, -0.05) is 6.07 Å². The highest BCUT2D eigenvalue weighted by Crippen LogP contribution is 2.32. The fraction of sp³-hybridized carbons (Fsp3) is 0.222. The third-order valence-corrected chi connectivity index (χ3v) is 1.78. The van der Waals surface area contributed by atoms with Crippen molar-refractivity contribution in [2.24, 2.45) is 0 Å². The van der Waals surface area contributed by atoms with E-state index in [2.05, 4.69) is 0 Å². The zero-order chi connectivity index (χ0) is 9.26. The minimum absolute atomic E-state index is 0.183. The van der Waals surface area contributed by atoms with Crippen molar-refractivity contribution in [3.05, 3.63) is 23.8 Å². The first-order chi connectivity index (χ1) is 6.25. The normalized spacial score (nSPS) is 13.0. The van der Waals surface area contributed by atoms with E-state index in [1.807, 2.05) is 0 Å². The number of fused-ring (bicyclic) bond motifs is 1. The van der Waals surface area contributed by atoms with E-state index in [9.17, 15) is 9.18 Å². The molecule has 0 fully saturated rings. The molecule has 0 saturated carbocycles. The molecular weight excluding hydrogens is 175 g/mol. The van der Waals surface area contributed by atoms with Crippen LogP contribution in [0.2, 0.25) is 0 Å². The Bertz CT molecular complexity index is 349. The van der Waals surface area contributed by atoms with Crippen molar-refractivity contribution in [1.82, 2.24) is 0 Å². The average Bonchev–Trinajstić information content (AvgIpc) is 2.49. The molecule has 4 heteroatoms. The summed E-state index contributed by atoms with van der Waals surface area (Å²) in [5.41, 5.74) is 0.594. The Balaban J connectivity index is 2.25. The van der Waals surface area contributed by atoms with Gasteiger partial charge in [0.15, 0.2) is 11.5 Å². The number of hydrogen-bond donors (Lipinski definition) is 0. The molecule has 0 saturated heterocycles. The van der Waals surface area contributed by atoms with E-state index in [0.717, 1.165) is 0 Å². The number of carbonyl (C=O) groups excluding carboxylic acids is 1. The van der Waals surface area contributed by atoms with Crippen LogP contribution in [0.15, 0.2) is 18.2 Å². The standard InChI is InChI=1S/C9H7FO3/c10-9(11)4-6-1-2-7-8(3-6)13-5-12-7/h1-3H,4-5H2. The molecule has 1 aromatic rings. The van der Waals surface area contributed by atoms with Gasteiger partial charge in [-0.05, 0) is 17.7 Å². The fourth-order valence-electron chi connectivity index (χ4n) is 1.21. The van der Waals surface area contributed by atoms with Crippen molar-refractivity contribution in [3.8, 4) is 11.5 Å². The van der Waals surface area contributed by atoms with Crippen LogP contribution in [0, 0.1) is 0 Å². The number of ether oxygens (including phenoxy) is 2. The number of halogens is 1. The average molecular weight is 182 g/mol. The molecule has 1 aromatic carbocycles. The molecule has 0 unspecified atom stereocenters. The van der Waals surface area contributed by atoms with E-state index in [-0.39, 0.29) is 13.2 Å². The van der Waals surface area contributed by atoms with Crippen molar-refractivity contribution in [3.63, 3.8) is 0 Å². The third kappa shape index (κ3) is 1.61. The minimum atomic E-state index is -1.35. The maximum absolute atomic E-state index is 12.0. The first-order valence-corrected chi connectivity index (χ1v) is 3.82. The summed E-state index contributed by atoms with van der Waals surface area (Å²) in [4.78, 5) is 10.2. The van der Waals surface area contributed by atoms with Gasteiger partial charge in [0.05, 0.1) is 6.42 Å². The molecule has 0 amide bonds. The summed E-state index contributed by atoms with van der Waals surface area (Å²) in [5.74, 6) is 1.20. The Labute approximate surface area is 74.1 Å². The van der Waals surface area contributed by atoms with E-state index in [1.165, 1.54) is 0 Å². The zero-order valence-corrected chi connectivity index (χ0v) is 6.75. The second kappa shape index (κ2) is 3.05. The Morgan fingerprint density at radius 1 is 1.38 bits per heavy atom. The van der Waals surface area contributed by atoms with Crippen molar-refractivity contribution < 1.29 is 18.7 Å². The van der Waals surface area contributed by atoms with Crippen molar-refractivity contribution in [2.75, 3.05) is 6.79 Å². The summed E-state index contributed by atoms with van der Waals surface area (Å²) in [6.45, 7) is 0.183. The number of hydrogen-bond acceptors (Lipinski definition) is 3. The minimum Gasteiger partial charge on any atom is -0.454 e. The quantitative estimate of drug-likeness (QED) is 0.649. The van der Waals surface area contributed by atoms with Gasteiger partial charge >= 0.3 is 6.04 Å². The maximum Gasteiger partial charge on any atom is 0.305 e. The lowest BCUT2D eigenvalue weighted by atomic mass is 10.1. The molecule has 0 atom stereocenters. The summed E-state index contributed by atoms with van der Waals surface area (Å²) in [7, 11) is 0. The van der Waals surface area contributed by atoms with Gasteiger partial charge in [-0.2, -0.15) is 4.39 Å². The molecule has 13 heavy (non-hydrogen) atoms. The van der Waals surface area contributed by atoms with Crippen LogP contribution in [-0.4, -0.2) is 12.8 Å². The predicted molar refractivity (Wildman–Crippen MR) is 42.4 cm³/mol. The molecule has 0 bridgehead atoms. The van der Waals surface area contributed by atoms with Crippen molar-refractivity contribution in [1.29, 1.82) is 0 Å². The van der Waals surface area contributed by atoms with Gasteiger partial charge in [-0.15, -0.1) is 0 Å². The van der Waals surface area contributed by atoms with Gasteiger partial charge in [-0.3, -0.25) is 4.79 Å². The number of benzene rings is 1. The van der Waals surface area contributed by atoms with Crippen LogP contribution in [0.5, 0.6) is 11.5 Å². The van der Waals surface area contributed by atoms with Crippen LogP contribution >= 0.6 is 0 Å². The topological polar surface area (TPSA) is 35.5 Å². The van der Waals surface area contributed by atoms with E-state index < -0.39 is 6.04 Å². The Kier molecular flexibility index (Phi) is 1.88. The lowest BCUT2D eigenvalue weighted by Crippen LogP contribution is -1.94. The first-order valence-electron chi connectivity index (χ1n) is 3.82. The fourth-order valence-corrected chi connectivity index (χ4v) is 1.21. The molecule has 0 radical (unpaired) electrons. The zero-order valence-electron chi connectivity index (χ0n) is 6.75. The molecule has 0 spiro atoms. The number of carbonyl (C=O) groups is 1. The smallest absolute Gasteiger partial charge is 0.305 e. The molecule has 3 nitrogen and oxygen atoms in total. The molecule has 1 aliphatic rings. The highest BCUT2D eigenvalue weighted by Gasteiger charge is 2.13. The summed E-state index contributed by atoms with van der Waals surface area (Å²) in [6.07, 6.45) is -0.212. The largest absolute Gasteiger partial charge is 0.454 e. The van der Waals surface area contributed by atoms with Gasteiger partial charge in [-0.25, -0.2) is 0 Å². The molecule has 0 aromatic heterocycles. The van der Waals surface area contributed by atoms with Gasteiger partial charge in [0, 0.05) is 0 Å². The molecular formula is C9H7FO3. The van der Waals surface area contributed by atoms with Crippen LogP contribution in [0.4, 0.5) is 4.39 Å². The van der Waals surface area contributed by atoms with Crippen LogP contribution in [-0.2, 0) is 11.2 Å². The van der Waals surface area contributed by atoms with Gasteiger partial charge < -0.3 is 9.47 Å². The second-order valence-corrected chi connectivity index (χ2v) is 2.72. The van der Waals surface area contributed by atoms with Crippen LogP contribution in [0.3, 0.4) is 0 Å². The molecule has 0 N–H and O–H groups in total. The van der Waals surface area contributed by atoms with Gasteiger partial charge in [0.2, 0.25) is 6.79 Å². The predicted octanol–water partition coefficient (Wildman–Crippen LogP) is 1.45. The van der Waals surface area contributed by atoms with Crippen molar-refractivity contribution in [2.45, 2.75) is 6.42 Å². The van der Waals surface area contributed by atoms with E-state index in [0.29, 0.717) is 17.1 Å². The monoisotopic (exact) mass is 182 g/mol. The molecule has 1 heterocycles. The van der Waals surface area contributed by atoms with Crippen LogP contribution < -0.4 is 9.47 Å². The first kappa shape index (κ1) is 8.04. The summed E-state index contributed by atoms with van der Waals surface area (Å²) >= 11 is 0. The van der Waals surface area contributed by atoms with Crippen molar-refractivity contribution >= 4 is 6.04 Å². The molecule has 0 aliphatic carbocycles. The summed E-state index contributed by atoms with van der Waals surface area (Å²) in [6, 6.07) is 3.57. The van der Waals surface area contributed by atoms with Gasteiger partial charge in [0.25, 0.3) is 0 Å². The van der Waals surface area contributed by atoms with Gasteiger partial charge in [0.1, 0.15) is 0 Å².